The van der Waals surface area contributed by atoms with Crippen LogP contribution in [-0.4, -0.2) is 28.2 Å². The molecule has 1 amide bonds. The standard InChI is InChI=1S/C26H29F3N2O5/c1-16(2)20-13-8-17(3)14-23(20)36-25(26(27,28)29)22-7-5-4-6-21(22)24(32)30(25)35-15-18-9-11-19(12-10-18)31(33)34/h4-7,9-12,16-17,20,23H,8,13-15H2,1-3H3/t17-,20+,23-,25+/m0/s1. The molecule has 1 saturated carbocycles. The van der Waals surface area contributed by atoms with Crippen molar-refractivity contribution >= 4 is 11.6 Å². The van der Waals surface area contributed by atoms with Gasteiger partial charge in [-0.3, -0.25) is 19.7 Å². The van der Waals surface area contributed by atoms with E-state index in [2.05, 4.69) is 0 Å². The minimum Gasteiger partial charge on any atom is -0.339 e. The molecular formula is C26H29F3N2O5. The Balaban J connectivity index is 1.74. The fourth-order valence-electron chi connectivity index (χ4n) is 5.24. The summed E-state index contributed by atoms with van der Waals surface area (Å²) in [6, 6.07) is 10.7. The molecule has 0 radical (unpaired) electrons. The van der Waals surface area contributed by atoms with Crippen LogP contribution in [0.2, 0.25) is 0 Å². The van der Waals surface area contributed by atoms with Crippen molar-refractivity contribution < 1.29 is 32.5 Å². The lowest BCUT2D eigenvalue weighted by Crippen LogP contribution is -2.58. The molecule has 0 saturated heterocycles. The largest absolute Gasteiger partial charge is 0.443 e. The van der Waals surface area contributed by atoms with Gasteiger partial charge in [-0.25, -0.2) is 0 Å². The van der Waals surface area contributed by atoms with E-state index in [0.29, 0.717) is 17.0 Å². The topological polar surface area (TPSA) is 81.9 Å². The molecular weight excluding hydrogens is 477 g/mol. The van der Waals surface area contributed by atoms with Gasteiger partial charge in [-0.2, -0.15) is 18.2 Å². The maximum absolute atomic E-state index is 15.1. The first-order chi connectivity index (χ1) is 17.0. The first-order valence-corrected chi connectivity index (χ1v) is 12.0. The van der Waals surface area contributed by atoms with Crippen LogP contribution in [-0.2, 0) is 21.9 Å². The summed E-state index contributed by atoms with van der Waals surface area (Å²) in [4.78, 5) is 29.2. The van der Waals surface area contributed by atoms with Gasteiger partial charge in [0.1, 0.15) is 6.61 Å². The first-order valence-electron chi connectivity index (χ1n) is 12.0. The van der Waals surface area contributed by atoms with Crippen LogP contribution in [0.25, 0.3) is 0 Å². The van der Waals surface area contributed by atoms with Crippen LogP contribution in [0.5, 0.6) is 0 Å². The van der Waals surface area contributed by atoms with Crippen LogP contribution in [0.1, 0.15) is 61.5 Å². The van der Waals surface area contributed by atoms with Gasteiger partial charge in [0.25, 0.3) is 17.3 Å². The van der Waals surface area contributed by atoms with Crippen molar-refractivity contribution in [1.29, 1.82) is 0 Å². The predicted octanol–water partition coefficient (Wildman–Crippen LogP) is 6.37. The summed E-state index contributed by atoms with van der Waals surface area (Å²) < 4.78 is 51.3. The van der Waals surface area contributed by atoms with Gasteiger partial charge in [-0.15, -0.1) is 0 Å². The third-order valence-corrected chi connectivity index (χ3v) is 7.17. The Hall–Kier alpha value is -2.98. The number of nitro benzene ring substituents is 1. The fraction of sp³-hybridized carbons (Fsp3) is 0.500. The third kappa shape index (κ3) is 4.59. The van der Waals surface area contributed by atoms with Gasteiger partial charge < -0.3 is 4.74 Å². The quantitative estimate of drug-likeness (QED) is 0.322. The Labute approximate surface area is 207 Å². The van der Waals surface area contributed by atoms with Crippen molar-refractivity contribution in [1.82, 2.24) is 5.06 Å². The third-order valence-electron chi connectivity index (χ3n) is 7.17. The van der Waals surface area contributed by atoms with Crippen molar-refractivity contribution in [2.75, 3.05) is 0 Å². The van der Waals surface area contributed by atoms with Crippen molar-refractivity contribution in [3.05, 3.63) is 75.3 Å². The van der Waals surface area contributed by atoms with Crippen LogP contribution in [0.4, 0.5) is 18.9 Å². The number of non-ortho nitro benzene ring substituents is 1. The second-order valence-corrected chi connectivity index (χ2v) is 9.97. The van der Waals surface area contributed by atoms with Gasteiger partial charge >= 0.3 is 6.18 Å². The van der Waals surface area contributed by atoms with Crippen molar-refractivity contribution in [2.45, 2.75) is 64.6 Å². The smallest absolute Gasteiger partial charge is 0.339 e. The minimum atomic E-state index is -5.01. The number of nitro groups is 1. The number of hydrogen-bond acceptors (Lipinski definition) is 5. The fourth-order valence-corrected chi connectivity index (χ4v) is 5.24. The zero-order valence-corrected chi connectivity index (χ0v) is 20.3. The molecule has 2 aliphatic rings. The number of rotatable bonds is 7. The molecule has 1 heterocycles. The lowest BCUT2D eigenvalue weighted by Gasteiger charge is -2.45. The van der Waals surface area contributed by atoms with E-state index < -0.39 is 35.4 Å². The number of nitrogens with zero attached hydrogens (tertiary/aromatic N) is 2. The van der Waals surface area contributed by atoms with Crippen LogP contribution in [0.3, 0.4) is 0 Å². The summed E-state index contributed by atoms with van der Waals surface area (Å²) in [6.07, 6.45) is -3.67. The number of fused-ring (bicyclic) bond motifs is 1. The zero-order chi connectivity index (χ0) is 26.3. The van der Waals surface area contributed by atoms with E-state index in [4.69, 9.17) is 9.57 Å². The van der Waals surface area contributed by atoms with Gasteiger partial charge in [-0.05, 0) is 54.4 Å². The number of benzene rings is 2. The van der Waals surface area contributed by atoms with Gasteiger partial charge in [0.05, 0.1) is 16.6 Å². The van der Waals surface area contributed by atoms with Crippen molar-refractivity contribution in [3.63, 3.8) is 0 Å². The Morgan fingerprint density at radius 3 is 2.42 bits per heavy atom. The number of alkyl halides is 3. The molecule has 1 fully saturated rings. The summed E-state index contributed by atoms with van der Waals surface area (Å²) >= 11 is 0. The average Bonchev–Trinajstić information content (AvgIpc) is 3.06. The Kier molecular flexibility index (Phi) is 7.12. The van der Waals surface area contributed by atoms with Gasteiger partial charge in [0.2, 0.25) is 0 Å². The summed E-state index contributed by atoms with van der Waals surface area (Å²) in [7, 11) is 0. The average molecular weight is 507 g/mol. The monoisotopic (exact) mass is 506 g/mol. The maximum atomic E-state index is 15.1. The molecule has 2 aromatic rings. The van der Waals surface area contributed by atoms with E-state index in [1.807, 2.05) is 20.8 Å². The normalized spacial score (nSPS) is 26.4. The predicted molar refractivity (Wildman–Crippen MR) is 124 cm³/mol. The van der Waals surface area contributed by atoms with Crippen LogP contribution in [0.15, 0.2) is 48.5 Å². The van der Waals surface area contributed by atoms with Gasteiger partial charge in [0, 0.05) is 17.7 Å². The molecule has 0 unspecified atom stereocenters. The second kappa shape index (κ2) is 9.82. The second-order valence-electron chi connectivity index (χ2n) is 9.97. The molecule has 0 bridgehead atoms. The number of carbonyl (C=O) groups is 1. The Morgan fingerprint density at radius 1 is 1.14 bits per heavy atom. The molecule has 7 nitrogen and oxygen atoms in total. The van der Waals surface area contributed by atoms with E-state index in [-0.39, 0.29) is 34.6 Å². The molecule has 0 spiro atoms. The number of halogens is 3. The number of amides is 1. The molecule has 10 heteroatoms. The van der Waals surface area contributed by atoms with Crippen molar-refractivity contribution in [2.24, 2.45) is 17.8 Å². The van der Waals surface area contributed by atoms with Gasteiger partial charge in [0.15, 0.2) is 0 Å². The summed E-state index contributed by atoms with van der Waals surface area (Å²) in [5.74, 6) is -0.790. The lowest BCUT2D eigenvalue weighted by atomic mass is 9.75. The highest BCUT2D eigenvalue weighted by molar-refractivity contribution is 5.99. The van der Waals surface area contributed by atoms with Crippen molar-refractivity contribution in [3.8, 4) is 0 Å². The SMILES string of the molecule is CC(C)[C@H]1CC[C@H](C)C[C@@H]1O[C@@]1(C(F)(F)F)c2ccccc2C(=O)N1OCc1ccc([N+](=O)[O-])cc1. The number of ether oxygens (including phenoxy) is 1. The molecule has 4 atom stereocenters. The molecule has 1 aliphatic carbocycles. The van der Waals surface area contributed by atoms with Crippen LogP contribution < -0.4 is 0 Å². The molecule has 4 rings (SSSR count). The molecule has 0 aromatic heterocycles. The summed E-state index contributed by atoms with van der Waals surface area (Å²) in [5.41, 5.74) is -3.35. The molecule has 1 aliphatic heterocycles. The number of hydrogen-bond donors (Lipinski definition) is 0. The number of hydroxylamine groups is 2. The van der Waals surface area contributed by atoms with E-state index in [1.54, 1.807) is 0 Å². The van der Waals surface area contributed by atoms with E-state index in [9.17, 15) is 14.9 Å². The summed E-state index contributed by atoms with van der Waals surface area (Å²) in [5, 5.41) is 11.2. The minimum absolute atomic E-state index is 0.0922. The Bertz CT molecular complexity index is 1120. The molecule has 36 heavy (non-hydrogen) atoms. The van der Waals surface area contributed by atoms with E-state index in [0.717, 1.165) is 12.8 Å². The maximum Gasteiger partial charge on any atom is 0.443 e. The first kappa shape index (κ1) is 26.1. The Morgan fingerprint density at radius 2 is 1.81 bits per heavy atom. The molecule has 0 N–H and O–H groups in total. The summed E-state index contributed by atoms with van der Waals surface area (Å²) in [6.45, 7) is 5.51. The molecule has 194 valence electrons. The lowest BCUT2D eigenvalue weighted by molar-refractivity contribution is -0.406. The van der Waals surface area contributed by atoms with Gasteiger partial charge in [-0.1, -0.05) is 45.4 Å². The highest BCUT2D eigenvalue weighted by Crippen LogP contribution is 2.53. The van der Waals surface area contributed by atoms with E-state index >= 15 is 13.2 Å². The highest BCUT2D eigenvalue weighted by atomic mass is 19.4. The van der Waals surface area contributed by atoms with Crippen LogP contribution in [0, 0.1) is 27.9 Å². The van der Waals surface area contributed by atoms with Crippen LogP contribution >= 0.6 is 0 Å². The molecule has 2 aromatic carbocycles. The number of carbonyl (C=O) groups excluding carboxylic acids is 1. The zero-order valence-electron chi connectivity index (χ0n) is 20.3. The van der Waals surface area contributed by atoms with E-state index in [1.165, 1.54) is 48.5 Å². The highest BCUT2D eigenvalue weighted by Gasteiger charge is 2.70.